The fraction of sp³-hybridized carbons (Fsp3) is 0.188. The highest BCUT2D eigenvalue weighted by molar-refractivity contribution is 5.67. The van der Waals surface area contributed by atoms with Crippen molar-refractivity contribution in [2.45, 2.75) is 6.42 Å². The molecule has 0 aliphatic carbocycles. The van der Waals surface area contributed by atoms with Crippen LogP contribution >= 0.6 is 0 Å². The molecule has 2 aromatic rings. The molecule has 0 saturated carbocycles. The Morgan fingerprint density at radius 3 is 2.63 bits per heavy atom. The third-order valence-corrected chi connectivity index (χ3v) is 3.01. The summed E-state index contributed by atoms with van der Waals surface area (Å²) in [6.45, 7) is 1.52. The molecule has 1 aromatic heterocycles. The van der Waals surface area contributed by atoms with Crippen molar-refractivity contribution in [1.82, 2.24) is 4.98 Å². The average Bonchev–Trinajstić information content (AvgIpc) is 2.50. The molecule has 0 unspecified atom stereocenters. The van der Waals surface area contributed by atoms with E-state index < -0.39 is 0 Å². The fourth-order valence-electron chi connectivity index (χ4n) is 2.04. The molecule has 19 heavy (non-hydrogen) atoms. The molecule has 0 saturated heterocycles. The SMILES string of the molecule is C1=C(c2ccc(Oc3cccnc3)cc2)COCC1. The molecule has 0 amide bonds. The summed E-state index contributed by atoms with van der Waals surface area (Å²) in [4.78, 5) is 4.02. The first-order chi connectivity index (χ1) is 9.42. The van der Waals surface area contributed by atoms with E-state index >= 15 is 0 Å². The predicted molar refractivity (Wildman–Crippen MR) is 74.2 cm³/mol. The van der Waals surface area contributed by atoms with Gasteiger partial charge in [0, 0.05) is 6.20 Å². The summed E-state index contributed by atoms with van der Waals surface area (Å²) in [5.74, 6) is 1.56. The third-order valence-electron chi connectivity index (χ3n) is 3.01. The second-order valence-corrected chi connectivity index (χ2v) is 4.39. The zero-order valence-corrected chi connectivity index (χ0v) is 10.6. The molecule has 3 rings (SSSR count). The summed E-state index contributed by atoms with van der Waals surface area (Å²) in [7, 11) is 0. The van der Waals surface area contributed by atoms with Crippen molar-refractivity contribution < 1.29 is 9.47 Å². The average molecular weight is 253 g/mol. The van der Waals surface area contributed by atoms with Crippen molar-refractivity contribution in [2.24, 2.45) is 0 Å². The fourth-order valence-corrected chi connectivity index (χ4v) is 2.04. The summed E-state index contributed by atoms with van der Waals surface area (Å²) < 4.78 is 11.2. The Labute approximate surface area is 112 Å². The molecule has 1 aromatic carbocycles. The maximum atomic E-state index is 5.71. The number of nitrogens with zero attached hydrogens (tertiary/aromatic N) is 1. The van der Waals surface area contributed by atoms with Gasteiger partial charge < -0.3 is 9.47 Å². The lowest BCUT2D eigenvalue weighted by Gasteiger charge is -2.14. The molecule has 0 radical (unpaired) electrons. The van der Waals surface area contributed by atoms with Crippen LogP contribution in [0.15, 0.2) is 54.9 Å². The van der Waals surface area contributed by atoms with E-state index in [-0.39, 0.29) is 0 Å². The maximum Gasteiger partial charge on any atom is 0.145 e. The van der Waals surface area contributed by atoms with E-state index in [0.717, 1.165) is 24.5 Å². The monoisotopic (exact) mass is 253 g/mol. The lowest BCUT2D eigenvalue weighted by Crippen LogP contribution is -2.04. The molecule has 0 N–H and O–H groups in total. The number of hydrogen-bond donors (Lipinski definition) is 0. The zero-order valence-electron chi connectivity index (χ0n) is 10.6. The smallest absolute Gasteiger partial charge is 0.145 e. The highest BCUT2D eigenvalue weighted by atomic mass is 16.5. The molecule has 3 nitrogen and oxygen atoms in total. The predicted octanol–water partition coefficient (Wildman–Crippen LogP) is 3.68. The minimum atomic E-state index is 0.697. The minimum absolute atomic E-state index is 0.697. The van der Waals surface area contributed by atoms with Crippen LogP contribution in [0.5, 0.6) is 11.5 Å². The normalized spacial score (nSPS) is 14.8. The Morgan fingerprint density at radius 1 is 1.05 bits per heavy atom. The quantitative estimate of drug-likeness (QED) is 0.836. The summed E-state index contributed by atoms with van der Waals surface area (Å²) in [6.07, 6.45) is 6.65. The van der Waals surface area contributed by atoms with Crippen LogP contribution in [0.25, 0.3) is 5.57 Å². The van der Waals surface area contributed by atoms with Crippen molar-refractivity contribution in [1.29, 1.82) is 0 Å². The van der Waals surface area contributed by atoms with Crippen LogP contribution in [0.1, 0.15) is 12.0 Å². The molecule has 3 heteroatoms. The van der Waals surface area contributed by atoms with Gasteiger partial charge in [0.2, 0.25) is 0 Å². The minimum Gasteiger partial charge on any atom is -0.456 e. The van der Waals surface area contributed by atoms with E-state index in [1.807, 2.05) is 24.3 Å². The van der Waals surface area contributed by atoms with Crippen LogP contribution < -0.4 is 4.74 Å². The molecule has 0 fully saturated rings. The van der Waals surface area contributed by atoms with Gasteiger partial charge in [-0.2, -0.15) is 0 Å². The Hall–Kier alpha value is -2.13. The van der Waals surface area contributed by atoms with Crippen molar-refractivity contribution in [3.05, 3.63) is 60.4 Å². The Bertz CT molecular complexity index is 561. The van der Waals surface area contributed by atoms with Gasteiger partial charge in [-0.1, -0.05) is 18.2 Å². The van der Waals surface area contributed by atoms with Crippen LogP contribution in [-0.2, 0) is 4.74 Å². The van der Waals surface area contributed by atoms with Gasteiger partial charge in [0.25, 0.3) is 0 Å². The van der Waals surface area contributed by atoms with Crippen molar-refractivity contribution in [3.63, 3.8) is 0 Å². The number of pyridine rings is 1. The molecule has 0 bridgehead atoms. The summed E-state index contributed by atoms with van der Waals surface area (Å²) in [6, 6.07) is 11.8. The van der Waals surface area contributed by atoms with E-state index in [0.29, 0.717) is 6.61 Å². The lowest BCUT2D eigenvalue weighted by molar-refractivity contribution is 0.164. The second-order valence-electron chi connectivity index (χ2n) is 4.39. The third kappa shape index (κ3) is 3.01. The maximum absolute atomic E-state index is 5.71. The largest absolute Gasteiger partial charge is 0.456 e. The van der Waals surface area contributed by atoms with Gasteiger partial charge in [-0.15, -0.1) is 0 Å². The van der Waals surface area contributed by atoms with Crippen molar-refractivity contribution in [3.8, 4) is 11.5 Å². The first-order valence-corrected chi connectivity index (χ1v) is 6.37. The van der Waals surface area contributed by atoms with E-state index in [2.05, 4.69) is 23.2 Å². The molecule has 96 valence electrons. The van der Waals surface area contributed by atoms with Gasteiger partial charge >= 0.3 is 0 Å². The van der Waals surface area contributed by atoms with Crippen molar-refractivity contribution in [2.75, 3.05) is 13.2 Å². The van der Waals surface area contributed by atoms with Gasteiger partial charge in [-0.3, -0.25) is 4.98 Å². The number of hydrogen-bond acceptors (Lipinski definition) is 3. The van der Waals surface area contributed by atoms with Crippen LogP contribution in [0.4, 0.5) is 0 Å². The van der Waals surface area contributed by atoms with Gasteiger partial charge in [0.15, 0.2) is 0 Å². The summed E-state index contributed by atoms with van der Waals surface area (Å²) in [5, 5.41) is 0. The van der Waals surface area contributed by atoms with E-state index in [1.54, 1.807) is 12.4 Å². The van der Waals surface area contributed by atoms with Gasteiger partial charge in [0.05, 0.1) is 19.4 Å². The van der Waals surface area contributed by atoms with E-state index in [4.69, 9.17) is 9.47 Å². The molecule has 2 heterocycles. The topological polar surface area (TPSA) is 31.4 Å². The first kappa shape index (κ1) is 11.9. The van der Waals surface area contributed by atoms with Gasteiger partial charge in [0.1, 0.15) is 11.5 Å². The zero-order chi connectivity index (χ0) is 12.9. The van der Waals surface area contributed by atoms with Crippen LogP contribution in [0, 0.1) is 0 Å². The lowest BCUT2D eigenvalue weighted by atomic mass is 10.0. The van der Waals surface area contributed by atoms with E-state index in [9.17, 15) is 0 Å². The van der Waals surface area contributed by atoms with Gasteiger partial charge in [-0.25, -0.2) is 0 Å². The number of rotatable bonds is 3. The van der Waals surface area contributed by atoms with Crippen molar-refractivity contribution >= 4 is 5.57 Å². The standard InChI is InChI=1S/C16H15NO2/c1-4-16(11-17-9-1)19-15-7-5-13(6-8-15)14-3-2-10-18-12-14/h1,3-9,11H,2,10,12H2. The highest BCUT2D eigenvalue weighted by Gasteiger charge is 2.06. The Balaban J connectivity index is 1.74. The molecular formula is C16H15NO2. The molecule has 1 aliphatic rings. The van der Waals surface area contributed by atoms with Gasteiger partial charge in [-0.05, 0) is 41.8 Å². The Kier molecular flexibility index (Phi) is 3.56. The van der Waals surface area contributed by atoms with Crippen LogP contribution in [-0.4, -0.2) is 18.2 Å². The van der Waals surface area contributed by atoms with Crippen LogP contribution in [0.3, 0.4) is 0 Å². The number of aromatic nitrogens is 1. The first-order valence-electron chi connectivity index (χ1n) is 6.37. The summed E-state index contributed by atoms with van der Waals surface area (Å²) >= 11 is 0. The van der Waals surface area contributed by atoms with Crippen LogP contribution in [0.2, 0.25) is 0 Å². The molecule has 0 atom stereocenters. The number of benzene rings is 1. The second kappa shape index (κ2) is 5.67. The number of ether oxygens (including phenoxy) is 2. The highest BCUT2D eigenvalue weighted by Crippen LogP contribution is 2.24. The summed E-state index contributed by atoms with van der Waals surface area (Å²) in [5.41, 5.74) is 2.44. The molecule has 0 spiro atoms. The molecule has 1 aliphatic heterocycles. The van der Waals surface area contributed by atoms with E-state index in [1.165, 1.54) is 11.1 Å². The Morgan fingerprint density at radius 2 is 1.95 bits per heavy atom. The molecular weight excluding hydrogens is 238 g/mol.